The van der Waals surface area contributed by atoms with E-state index in [9.17, 15) is 4.79 Å². The Hall–Kier alpha value is -2.32. The lowest BCUT2D eigenvalue weighted by Crippen LogP contribution is -2.44. The molecule has 8 heteroatoms. The van der Waals surface area contributed by atoms with E-state index >= 15 is 0 Å². The van der Waals surface area contributed by atoms with Crippen LogP contribution in [0.2, 0.25) is 0 Å². The van der Waals surface area contributed by atoms with E-state index in [4.69, 9.17) is 9.26 Å². The first kappa shape index (κ1) is 18.7. The third kappa shape index (κ3) is 3.14. The summed E-state index contributed by atoms with van der Waals surface area (Å²) >= 11 is 0. The zero-order chi connectivity index (χ0) is 20.0. The number of carbonyl (C=O) groups excluding carboxylic acids is 1. The lowest BCUT2D eigenvalue weighted by Gasteiger charge is -2.33. The second kappa shape index (κ2) is 7.18. The molecule has 3 fully saturated rings. The van der Waals surface area contributed by atoms with Crippen molar-refractivity contribution in [2.75, 3.05) is 39.4 Å². The number of likely N-dealkylation sites (tertiary alicyclic amines) is 2. The van der Waals surface area contributed by atoms with E-state index in [-0.39, 0.29) is 17.2 Å². The molecule has 3 saturated heterocycles. The summed E-state index contributed by atoms with van der Waals surface area (Å²) in [7, 11) is 0. The monoisotopic (exact) mass is 397 g/mol. The van der Waals surface area contributed by atoms with E-state index in [1.54, 1.807) is 6.20 Å². The molecule has 3 aliphatic heterocycles. The molecule has 0 bridgehead atoms. The van der Waals surface area contributed by atoms with Crippen molar-refractivity contribution in [3.8, 4) is 0 Å². The lowest BCUT2D eigenvalue weighted by atomic mass is 9.81. The van der Waals surface area contributed by atoms with Crippen molar-refractivity contribution in [3.63, 3.8) is 0 Å². The summed E-state index contributed by atoms with van der Waals surface area (Å²) in [5.74, 6) is 1.64. The molecule has 0 aromatic carbocycles. The van der Waals surface area contributed by atoms with Gasteiger partial charge in [0.2, 0.25) is 5.89 Å². The molecule has 2 atom stereocenters. The summed E-state index contributed by atoms with van der Waals surface area (Å²) in [5, 5.41) is 4.06. The van der Waals surface area contributed by atoms with E-state index in [2.05, 4.69) is 20.0 Å². The number of fused-ring (bicyclic) bond motifs is 1. The van der Waals surface area contributed by atoms with Crippen LogP contribution in [0.15, 0.2) is 22.9 Å². The molecule has 0 saturated carbocycles. The van der Waals surface area contributed by atoms with Gasteiger partial charge < -0.3 is 14.2 Å². The number of rotatable bonds is 3. The SMILES string of the molecule is Cc1noc(C23CN(C(=O)c4cccnc4C)CC2CN(C2CCOCC2)C3)n1. The second-order valence-electron chi connectivity index (χ2n) is 8.59. The maximum atomic E-state index is 13.3. The van der Waals surface area contributed by atoms with Gasteiger partial charge in [-0.1, -0.05) is 5.16 Å². The number of hydrogen-bond donors (Lipinski definition) is 0. The summed E-state index contributed by atoms with van der Waals surface area (Å²) in [4.78, 5) is 26.7. The van der Waals surface area contributed by atoms with Crippen LogP contribution in [0.4, 0.5) is 0 Å². The summed E-state index contributed by atoms with van der Waals surface area (Å²) in [6.07, 6.45) is 3.84. The molecule has 2 aromatic heterocycles. The maximum Gasteiger partial charge on any atom is 0.255 e. The van der Waals surface area contributed by atoms with Crippen LogP contribution >= 0.6 is 0 Å². The van der Waals surface area contributed by atoms with E-state index in [1.165, 1.54) is 0 Å². The Morgan fingerprint density at radius 3 is 2.76 bits per heavy atom. The van der Waals surface area contributed by atoms with Crippen molar-refractivity contribution in [1.82, 2.24) is 24.9 Å². The standard InChI is InChI=1S/C21H27N5O3/c1-14-18(4-3-7-22-14)19(27)26-11-16-10-25(17-5-8-28-9-6-17)12-21(16,13-26)20-23-15(2)24-29-20/h3-4,7,16-17H,5-6,8-13H2,1-2H3. The molecule has 1 amide bonds. The van der Waals surface area contributed by atoms with Gasteiger partial charge in [-0.2, -0.15) is 4.98 Å². The van der Waals surface area contributed by atoms with Gasteiger partial charge in [0.25, 0.3) is 5.91 Å². The van der Waals surface area contributed by atoms with Crippen LogP contribution in [0.25, 0.3) is 0 Å². The van der Waals surface area contributed by atoms with E-state index in [1.807, 2.05) is 30.9 Å². The lowest BCUT2D eigenvalue weighted by molar-refractivity contribution is 0.0369. The van der Waals surface area contributed by atoms with Crippen LogP contribution < -0.4 is 0 Å². The fourth-order valence-electron chi connectivity index (χ4n) is 5.27. The number of pyridine rings is 1. The van der Waals surface area contributed by atoms with Gasteiger partial charge in [0.1, 0.15) is 0 Å². The molecule has 5 heterocycles. The van der Waals surface area contributed by atoms with Gasteiger partial charge in [0.05, 0.1) is 11.0 Å². The molecule has 5 rings (SSSR count). The summed E-state index contributed by atoms with van der Waals surface area (Å²) < 4.78 is 11.2. The Kier molecular flexibility index (Phi) is 4.63. The molecule has 154 valence electrons. The third-order valence-electron chi connectivity index (χ3n) is 6.82. The molecular formula is C21H27N5O3. The Morgan fingerprint density at radius 2 is 2.03 bits per heavy atom. The van der Waals surface area contributed by atoms with E-state index < -0.39 is 0 Å². The van der Waals surface area contributed by atoms with Crippen LogP contribution in [0, 0.1) is 19.8 Å². The van der Waals surface area contributed by atoms with Crippen LogP contribution in [0.3, 0.4) is 0 Å². The van der Waals surface area contributed by atoms with Crippen LogP contribution in [-0.4, -0.2) is 76.3 Å². The minimum Gasteiger partial charge on any atom is -0.381 e. The molecule has 8 nitrogen and oxygen atoms in total. The van der Waals surface area contributed by atoms with Crippen molar-refractivity contribution in [2.45, 2.75) is 38.1 Å². The predicted octanol–water partition coefficient (Wildman–Crippen LogP) is 1.59. The van der Waals surface area contributed by atoms with Crippen molar-refractivity contribution in [2.24, 2.45) is 5.92 Å². The molecule has 3 aliphatic rings. The van der Waals surface area contributed by atoms with Crippen molar-refractivity contribution >= 4 is 5.91 Å². The van der Waals surface area contributed by atoms with Crippen molar-refractivity contribution in [3.05, 3.63) is 41.3 Å². The number of carbonyl (C=O) groups is 1. The molecule has 29 heavy (non-hydrogen) atoms. The molecule has 0 N–H and O–H groups in total. The highest BCUT2D eigenvalue weighted by molar-refractivity contribution is 5.95. The van der Waals surface area contributed by atoms with Crippen LogP contribution in [0.1, 0.15) is 40.6 Å². The highest BCUT2D eigenvalue weighted by atomic mass is 16.5. The minimum absolute atomic E-state index is 0.0400. The fraction of sp³-hybridized carbons (Fsp3) is 0.619. The zero-order valence-electron chi connectivity index (χ0n) is 17.0. The van der Waals surface area contributed by atoms with Crippen LogP contribution in [0.5, 0.6) is 0 Å². The Morgan fingerprint density at radius 1 is 1.21 bits per heavy atom. The minimum atomic E-state index is -0.300. The van der Waals surface area contributed by atoms with E-state index in [0.29, 0.717) is 36.4 Å². The normalized spacial score (nSPS) is 28.1. The Labute approximate surface area is 170 Å². The van der Waals surface area contributed by atoms with Crippen molar-refractivity contribution in [1.29, 1.82) is 0 Å². The Bertz CT molecular complexity index is 909. The van der Waals surface area contributed by atoms with Gasteiger partial charge in [-0.15, -0.1) is 0 Å². The van der Waals surface area contributed by atoms with Gasteiger partial charge in [-0.25, -0.2) is 0 Å². The number of aromatic nitrogens is 3. The first-order chi connectivity index (χ1) is 14.1. The fourth-order valence-corrected chi connectivity index (χ4v) is 5.27. The molecular weight excluding hydrogens is 370 g/mol. The zero-order valence-corrected chi connectivity index (χ0v) is 17.0. The summed E-state index contributed by atoms with van der Waals surface area (Å²) in [6.45, 7) is 8.48. The average molecular weight is 397 g/mol. The van der Waals surface area contributed by atoms with Gasteiger partial charge in [0.15, 0.2) is 5.82 Å². The quantitative estimate of drug-likeness (QED) is 0.777. The summed E-state index contributed by atoms with van der Waals surface area (Å²) in [5.41, 5.74) is 1.14. The second-order valence-corrected chi connectivity index (χ2v) is 8.59. The number of amides is 1. The first-order valence-corrected chi connectivity index (χ1v) is 10.4. The largest absolute Gasteiger partial charge is 0.381 e. The molecule has 0 aliphatic carbocycles. The van der Waals surface area contributed by atoms with Gasteiger partial charge in [0, 0.05) is 63.2 Å². The number of aryl methyl sites for hydroxylation is 2. The molecule has 0 spiro atoms. The number of hydrogen-bond acceptors (Lipinski definition) is 7. The molecule has 2 aromatic rings. The smallest absolute Gasteiger partial charge is 0.255 e. The first-order valence-electron chi connectivity index (χ1n) is 10.4. The molecule has 0 radical (unpaired) electrons. The highest BCUT2D eigenvalue weighted by Crippen LogP contribution is 2.46. The number of ether oxygens (including phenoxy) is 1. The predicted molar refractivity (Wildman–Crippen MR) is 104 cm³/mol. The third-order valence-corrected chi connectivity index (χ3v) is 6.82. The maximum absolute atomic E-state index is 13.3. The van der Waals surface area contributed by atoms with Crippen LogP contribution in [-0.2, 0) is 10.2 Å². The molecule has 2 unspecified atom stereocenters. The van der Waals surface area contributed by atoms with Gasteiger partial charge >= 0.3 is 0 Å². The number of nitrogens with zero attached hydrogens (tertiary/aromatic N) is 5. The highest BCUT2D eigenvalue weighted by Gasteiger charge is 2.58. The van der Waals surface area contributed by atoms with Gasteiger partial charge in [-0.05, 0) is 38.8 Å². The Balaban J connectivity index is 1.43. The van der Waals surface area contributed by atoms with Gasteiger partial charge in [-0.3, -0.25) is 14.7 Å². The van der Waals surface area contributed by atoms with Crippen molar-refractivity contribution < 1.29 is 14.1 Å². The topological polar surface area (TPSA) is 84.6 Å². The average Bonchev–Trinajstić information content (AvgIpc) is 3.41. The summed E-state index contributed by atoms with van der Waals surface area (Å²) in [6, 6.07) is 4.21. The van der Waals surface area contributed by atoms with E-state index in [0.717, 1.165) is 44.8 Å².